The normalized spacial score (nSPS) is 12.8. The van der Waals surface area contributed by atoms with E-state index in [9.17, 15) is 14.4 Å². The molecule has 28 heavy (non-hydrogen) atoms. The highest BCUT2D eigenvalue weighted by atomic mass is 16.7. The first-order chi connectivity index (χ1) is 13.6. The highest BCUT2D eigenvalue weighted by Gasteiger charge is 2.20. The van der Waals surface area contributed by atoms with E-state index in [0.717, 1.165) is 5.56 Å². The number of hydrogen-bond acceptors (Lipinski definition) is 6. The first-order valence-electron chi connectivity index (χ1n) is 8.66. The summed E-state index contributed by atoms with van der Waals surface area (Å²) in [6, 6.07) is 13.3. The summed E-state index contributed by atoms with van der Waals surface area (Å²) < 4.78 is 15.1. The van der Waals surface area contributed by atoms with Crippen molar-refractivity contribution in [1.82, 2.24) is 10.6 Å². The summed E-state index contributed by atoms with van der Waals surface area (Å²) in [5, 5.41) is 5.30. The van der Waals surface area contributed by atoms with Gasteiger partial charge in [0.05, 0.1) is 26.1 Å². The maximum absolute atomic E-state index is 12.3. The van der Waals surface area contributed by atoms with E-state index < -0.39 is 23.8 Å². The molecule has 3 rings (SSSR count). The van der Waals surface area contributed by atoms with Gasteiger partial charge in [-0.1, -0.05) is 30.3 Å². The van der Waals surface area contributed by atoms with Gasteiger partial charge in [0, 0.05) is 5.56 Å². The average molecular weight is 384 g/mol. The van der Waals surface area contributed by atoms with E-state index >= 15 is 0 Å². The molecular formula is C20H20N2O6. The minimum Gasteiger partial charge on any atom is -0.469 e. The molecule has 2 N–H and O–H groups in total. The second kappa shape index (κ2) is 8.90. The number of carbonyl (C=O) groups is 3. The van der Waals surface area contributed by atoms with Gasteiger partial charge in [-0.05, 0) is 23.8 Å². The molecule has 146 valence electrons. The van der Waals surface area contributed by atoms with Gasteiger partial charge in [0.2, 0.25) is 12.7 Å². The van der Waals surface area contributed by atoms with Gasteiger partial charge in [-0.25, -0.2) is 0 Å². The largest absolute Gasteiger partial charge is 0.469 e. The summed E-state index contributed by atoms with van der Waals surface area (Å²) in [4.78, 5) is 36.2. The van der Waals surface area contributed by atoms with Gasteiger partial charge in [-0.15, -0.1) is 0 Å². The molecule has 0 saturated carbocycles. The lowest BCUT2D eigenvalue weighted by atomic mass is 10.0. The fraction of sp³-hybridized carbons (Fsp3) is 0.250. The predicted molar refractivity (Wildman–Crippen MR) is 98.9 cm³/mol. The summed E-state index contributed by atoms with van der Waals surface area (Å²) in [5.74, 6) is -0.231. The van der Waals surface area contributed by atoms with Crippen LogP contribution in [-0.2, 0) is 14.3 Å². The van der Waals surface area contributed by atoms with E-state index in [1.165, 1.54) is 7.11 Å². The Morgan fingerprint density at radius 3 is 2.57 bits per heavy atom. The molecule has 0 radical (unpaired) electrons. The Hall–Kier alpha value is -3.55. The lowest BCUT2D eigenvalue weighted by Crippen LogP contribution is -2.39. The highest BCUT2D eigenvalue weighted by Crippen LogP contribution is 2.32. The third-order valence-electron chi connectivity index (χ3n) is 4.18. The Bertz CT molecular complexity index is 868. The Kier molecular flexibility index (Phi) is 6.11. The topological polar surface area (TPSA) is 103 Å². The zero-order chi connectivity index (χ0) is 19.9. The molecule has 2 aromatic rings. The van der Waals surface area contributed by atoms with Crippen molar-refractivity contribution in [3.05, 3.63) is 59.7 Å². The van der Waals surface area contributed by atoms with E-state index in [0.29, 0.717) is 17.1 Å². The van der Waals surface area contributed by atoms with Gasteiger partial charge in [-0.2, -0.15) is 0 Å². The van der Waals surface area contributed by atoms with E-state index in [-0.39, 0.29) is 19.8 Å². The van der Waals surface area contributed by atoms with Gasteiger partial charge in [-0.3, -0.25) is 14.4 Å². The van der Waals surface area contributed by atoms with Crippen LogP contribution in [0.2, 0.25) is 0 Å². The van der Waals surface area contributed by atoms with Crippen molar-refractivity contribution in [3.8, 4) is 11.5 Å². The molecule has 8 nitrogen and oxygen atoms in total. The van der Waals surface area contributed by atoms with Crippen LogP contribution < -0.4 is 20.1 Å². The smallest absolute Gasteiger partial charge is 0.307 e. The fourth-order valence-electron chi connectivity index (χ4n) is 2.73. The highest BCUT2D eigenvalue weighted by molar-refractivity contribution is 5.97. The molecule has 0 bridgehead atoms. The number of methoxy groups -OCH3 is 1. The monoisotopic (exact) mass is 384 g/mol. The van der Waals surface area contributed by atoms with Gasteiger partial charge in [0.15, 0.2) is 11.5 Å². The quantitative estimate of drug-likeness (QED) is 0.703. The average Bonchev–Trinajstić information content (AvgIpc) is 3.20. The van der Waals surface area contributed by atoms with E-state index in [1.54, 1.807) is 30.3 Å². The van der Waals surface area contributed by atoms with Crippen LogP contribution in [0.25, 0.3) is 0 Å². The summed E-state index contributed by atoms with van der Waals surface area (Å²) in [7, 11) is 1.29. The number of hydrogen-bond donors (Lipinski definition) is 2. The Morgan fingerprint density at radius 1 is 1.07 bits per heavy atom. The molecule has 0 aromatic heterocycles. The van der Waals surface area contributed by atoms with Crippen molar-refractivity contribution < 1.29 is 28.6 Å². The molecule has 2 amide bonds. The maximum Gasteiger partial charge on any atom is 0.307 e. The van der Waals surface area contributed by atoms with Gasteiger partial charge in [0.25, 0.3) is 5.91 Å². The predicted octanol–water partition coefficient (Wildman–Crippen LogP) is 1.57. The molecule has 1 heterocycles. The molecule has 1 atom stereocenters. The van der Waals surface area contributed by atoms with Gasteiger partial charge in [0.1, 0.15) is 0 Å². The zero-order valence-electron chi connectivity index (χ0n) is 15.3. The number of ether oxygens (including phenoxy) is 3. The van der Waals surface area contributed by atoms with Crippen LogP contribution in [0.1, 0.15) is 28.4 Å². The summed E-state index contributed by atoms with van der Waals surface area (Å²) in [5.41, 5.74) is 1.12. The van der Waals surface area contributed by atoms with Crippen LogP contribution in [0.3, 0.4) is 0 Å². The second-order valence-electron chi connectivity index (χ2n) is 6.06. The summed E-state index contributed by atoms with van der Waals surface area (Å²) >= 11 is 0. The van der Waals surface area contributed by atoms with Crippen LogP contribution >= 0.6 is 0 Å². The van der Waals surface area contributed by atoms with Crippen molar-refractivity contribution in [2.75, 3.05) is 20.4 Å². The van der Waals surface area contributed by atoms with Crippen LogP contribution in [-0.4, -0.2) is 38.2 Å². The molecule has 0 unspecified atom stereocenters. The molecule has 1 aliphatic rings. The van der Waals surface area contributed by atoms with Gasteiger partial charge >= 0.3 is 5.97 Å². The number of fused-ring (bicyclic) bond motifs is 1. The minimum absolute atomic E-state index is 0.0115. The Labute approximate surface area is 161 Å². The first-order valence-corrected chi connectivity index (χ1v) is 8.66. The molecular weight excluding hydrogens is 364 g/mol. The van der Waals surface area contributed by atoms with Crippen LogP contribution in [0, 0.1) is 0 Å². The van der Waals surface area contributed by atoms with Crippen LogP contribution in [0.5, 0.6) is 11.5 Å². The number of carbonyl (C=O) groups excluding carboxylic acids is 3. The van der Waals surface area contributed by atoms with Crippen LogP contribution in [0.15, 0.2) is 48.5 Å². The van der Waals surface area contributed by atoms with Crippen LogP contribution in [0.4, 0.5) is 0 Å². The molecule has 8 heteroatoms. The SMILES string of the molecule is COC(=O)C[C@H](NC(=O)CNC(=O)c1ccc2c(c1)OCO2)c1ccccc1. The molecule has 1 aliphatic heterocycles. The number of nitrogens with one attached hydrogen (secondary N) is 2. The van der Waals surface area contributed by atoms with Gasteiger partial charge < -0.3 is 24.8 Å². The number of rotatable bonds is 7. The molecule has 0 aliphatic carbocycles. The third kappa shape index (κ3) is 4.79. The number of benzene rings is 2. The molecule has 2 aromatic carbocycles. The number of amides is 2. The zero-order valence-corrected chi connectivity index (χ0v) is 15.3. The number of esters is 1. The fourth-order valence-corrected chi connectivity index (χ4v) is 2.73. The second-order valence-corrected chi connectivity index (χ2v) is 6.06. The lowest BCUT2D eigenvalue weighted by Gasteiger charge is -2.18. The Morgan fingerprint density at radius 2 is 1.82 bits per heavy atom. The van der Waals surface area contributed by atoms with Crippen molar-refractivity contribution in [3.63, 3.8) is 0 Å². The minimum atomic E-state index is -0.552. The van der Waals surface area contributed by atoms with Crippen molar-refractivity contribution in [2.24, 2.45) is 0 Å². The maximum atomic E-state index is 12.3. The van der Waals surface area contributed by atoms with E-state index in [1.807, 2.05) is 18.2 Å². The molecule has 0 saturated heterocycles. The lowest BCUT2D eigenvalue weighted by molar-refractivity contribution is -0.141. The molecule has 0 fully saturated rings. The van der Waals surface area contributed by atoms with E-state index in [4.69, 9.17) is 14.2 Å². The summed E-state index contributed by atoms with van der Waals surface area (Å²) in [6.45, 7) is -0.123. The van der Waals surface area contributed by atoms with Crippen molar-refractivity contribution >= 4 is 17.8 Å². The van der Waals surface area contributed by atoms with Crippen molar-refractivity contribution in [1.29, 1.82) is 0 Å². The molecule has 0 spiro atoms. The summed E-state index contributed by atoms with van der Waals surface area (Å²) in [6.07, 6.45) is -0.0115. The standard InChI is InChI=1S/C20H20N2O6/c1-26-19(24)10-15(13-5-3-2-4-6-13)22-18(23)11-21-20(25)14-7-8-16-17(9-14)28-12-27-16/h2-9,15H,10-12H2,1H3,(H,21,25)(H,22,23)/t15-/m0/s1. The third-order valence-corrected chi connectivity index (χ3v) is 4.18. The van der Waals surface area contributed by atoms with Crippen molar-refractivity contribution in [2.45, 2.75) is 12.5 Å². The van der Waals surface area contributed by atoms with E-state index in [2.05, 4.69) is 10.6 Å². The first kappa shape index (κ1) is 19.2. The Balaban J connectivity index is 1.58.